The van der Waals surface area contributed by atoms with Crippen LogP contribution in [0.1, 0.15) is 25.7 Å². The van der Waals surface area contributed by atoms with E-state index in [1.807, 2.05) is 6.07 Å². The minimum atomic E-state index is -3.05. The molecule has 7 nitrogen and oxygen atoms in total. The highest BCUT2D eigenvalue weighted by atomic mass is 32.2. The molecular formula is C16H26N4O3S. The Morgan fingerprint density at radius 3 is 2.50 bits per heavy atom. The van der Waals surface area contributed by atoms with Crippen LogP contribution in [-0.4, -0.2) is 56.7 Å². The quantitative estimate of drug-likeness (QED) is 0.731. The van der Waals surface area contributed by atoms with E-state index in [0.717, 1.165) is 36.9 Å². The zero-order valence-electron chi connectivity index (χ0n) is 14.1. The molecule has 1 aliphatic carbocycles. The fourth-order valence-electron chi connectivity index (χ4n) is 3.13. The van der Waals surface area contributed by atoms with Gasteiger partial charge >= 0.3 is 0 Å². The second-order valence-electron chi connectivity index (χ2n) is 7.15. The smallest absolute Gasteiger partial charge is 0.148 e. The summed E-state index contributed by atoms with van der Waals surface area (Å²) in [6, 6.07) is 1.88. The number of anilines is 2. The first kappa shape index (κ1) is 17.4. The SMILES string of the molecule is CS(=O)(=O)CC1(CNc2cc(NCC3CC3)ncn2)CCOCC1. The van der Waals surface area contributed by atoms with Crippen LogP contribution in [0.25, 0.3) is 0 Å². The van der Waals surface area contributed by atoms with Gasteiger partial charge in [-0.1, -0.05) is 0 Å². The van der Waals surface area contributed by atoms with E-state index in [0.29, 0.717) is 19.8 Å². The molecule has 134 valence electrons. The van der Waals surface area contributed by atoms with Crippen molar-refractivity contribution >= 4 is 21.5 Å². The first-order valence-corrected chi connectivity index (χ1v) is 10.6. The highest BCUT2D eigenvalue weighted by Gasteiger charge is 2.36. The normalized spacial score (nSPS) is 20.5. The molecule has 0 bridgehead atoms. The minimum Gasteiger partial charge on any atom is -0.381 e. The van der Waals surface area contributed by atoms with Crippen LogP contribution < -0.4 is 10.6 Å². The van der Waals surface area contributed by atoms with Crippen molar-refractivity contribution in [3.05, 3.63) is 12.4 Å². The highest BCUT2D eigenvalue weighted by molar-refractivity contribution is 7.90. The van der Waals surface area contributed by atoms with E-state index in [4.69, 9.17) is 4.74 Å². The molecule has 0 aromatic carbocycles. The Morgan fingerprint density at radius 2 is 1.88 bits per heavy atom. The fourth-order valence-corrected chi connectivity index (χ4v) is 4.64. The maximum Gasteiger partial charge on any atom is 0.148 e. The van der Waals surface area contributed by atoms with Crippen molar-refractivity contribution in [2.24, 2.45) is 11.3 Å². The number of hydrogen-bond acceptors (Lipinski definition) is 7. The van der Waals surface area contributed by atoms with Crippen molar-refractivity contribution in [3.63, 3.8) is 0 Å². The molecule has 3 rings (SSSR count). The molecule has 24 heavy (non-hydrogen) atoms. The lowest BCUT2D eigenvalue weighted by Gasteiger charge is -2.36. The van der Waals surface area contributed by atoms with Crippen molar-refractivity contribution in [1.29, 1.82) is 0 Å². The van der Waals surface area contributed by atoms with Gasteiger partial charge in [0.1, 0.15) is 27.8 Å². The van der Waals surface area contributed by atoms with Crippen molar-refractivity contribution in [2.45, 2.75) is 25.7 Å². The number of nitrogens with one attached hydrogen (secondary N) is 2. The van der Waals surface area contributed by atoms with Crippen molar-refractivity contribution in [2.75, 3.05) is 48.9 Å². The van der Waals surface area contributed by atoms with Crippen LogP contribution >= 0.6 is 0 Å². The number of aromatic nitrogens is 2. The number of hydrogen-bond donors (Lipinski definition) is 2. The third kappa shape index (κ3) is 5.31. The molecule has 2 fully saturated rings. The van der Waals surface area contributed by atoms with E-state index >= 15 is 0 Å². The zero-order valence-corrected chi connectivity index (χ0v) is 14.9. The van der Waals surface area contributed by atoms with Gasteiger partial charge in [-0.05, 0) is 31.6 Å². The number of sulfone groups is 1. The largest absolute Gasteiger partial charge is 0.381 e. The maximum atomic E-state index is 11.8. The molecule has 1 saturated carbocycles. The van der Waals surface area contributed by atoms with Gasteiger partial charge in [-0.3, -0.25) is 0 Å². The Kier molecular flexibility index (Phi) is 5.24. The van der Waals surface area contributed by atoms with Crippen LogP contribution in [0, 0.1) is 11.3 Å². The third-order valence-electron chi connectivity index (χ3n) is 4.70. The molecular weight excluding hydrogens is 328 g/mol. The van der Waals surface area contributed by atoms with Crippen LogP contribution in [0.3, 0.4) is 0 Å². The van der Waals surface area contributed by atoms with Gasteiger partial charge in [0.15, 0.2) is 0 Å². The standard InChI is InChI=1S/C16H26N4O3S/c1-24(21,22)11-16(4-6-23-7-5-16)10-18-15-8-14(19-12-20-15)17-9-13-2-3-13/h8,12-13H,2-7,9-11H2,1H3,(H2,17,18,19,20). The Labute approximate surface area is 143 Å². The summed E-state index contributed by atoms with van der Waals surface area (Å²) in [5.74, 6) is 2.48. The summed E-state index contributed by atoms with van der Waals surface area (Å²) in [4.78, 5) is 8.48. The summed E-state index contributed by atoms with van der Waals surface area (Å²) in [7, 11) is -3.05. The van der Waals surface area contributed by atoms with E-state index < -0.39 is 9.84 Å². The number of ether oxygens (including phenoxy) is 1. The molecule has 0 atom stereocenters. The molecule has 0 radical (unpaired) electrons. The molecule has 1 aromatic heterocycles. The average molecular weight is 354 g/mol. The second-order valence-corrected chi connectivity index (χ2v) is 9.29. The molecule has 2 N–H and O–H groups in total. The fraction of sp³-hybridized carbons (Fsp3) is 0.750. The van der Waals surface area contributed by atoms with Crippen molar-refractivity contribution < 1.29 is 13.2 Å². The zero-order chi connectivity index (χ0) is 17.0. The molecule has 1 aromatic rings. The predicted octanol–water partition coefficient (Wildman–Crippen LogP) is 1.55. The van der Waals surface area contributed by atoms with E-state index in [1.54, 1.807) is 0 Å². The molecule has 2 heterocycles. The Bertz CT molecular complexity index is 655. The molecule has 1 saturated heterocycles. The molecule has 0 unspecified atom stereocenters. The maximum absolute atomic E-state index is 11.8. The van der Waals surface area contributed by atoms with Gasteiger partial charge in [0.25, 0.3) is 0 Å². The average Bonchev–Trinajstić information content (AvgIpc) is 3.35. The number of nitrogens with zero attached hydrogens (tertiary/aromatic N) is 2. The van der Waals surface area contributed by atoms with Gasteiger partial charge < -0.3 is 15.4 Å². The number of rotatable bonds is 8. The minimum absolute atomic E-state index is 0.175. The van der Waals surface area contributed by atoms with Gasteiger partial charge in [0.2, 0.25) is 0 Å². The monoisotopic (exact) mass is 354 g/mol. The summed E-state index contributed by atoms with van der Waals surface area (Å²) >= 11 is 0. The lowest BCUT2D eigenvalue weighted by atomic mass is 9.82. The first-order valence-electron chi connectivity index (χ1n) is 8.49. The van der Waals surface area contributed by atoms with Gasteiger partial charge in [0, 0.05) is 44.0 Å². The van der Waals surface area contributed by atoms with Crippen LogP contribution in [0.5, 0.6) is 0 Å². The third-order valence-corrected chi connectivity index (χ3v) is 5.84. The Balaban J connectivity index is 1.61. The lowest BCUT2D eigenvalue weighted by molar-refractivity contribution is 0.0315. The topological polar surface area (TPSA) is 93.2 Å². The van der Waals surface area contributed by atoms with Gasteiger partial charge in [-0.2, -0.15) is 0 Å². The predicted molar refractivity (Wildman–Crippen MR) is 93.9 cm³/mol. The highest BCUT2D eigenvalue weighted by Crippen LogP contribution is 2.32. The summed E-state index contributed by atoms with van der Waals surface area (Å²) in [5, 5.41) is 6.64. The van der Waals surface area contributed by atoms with E-state index in [2.05, 4.69) is 20.6 Å². The van der Waals surface area contributed by atoms with Crippen LogP contribution in [0.15, 0.2) is 12.4 Å². The summed E-state index contributed by atoms with van der Waals surface area (Å²) in [5.41, 5.74) is -0.293. The van der Waals surface area contributed by atoms with E-state index in [1.165, 1.54) is 25.4 Å². The molecule has 0 spiro atoms. The van der Waals surface area contributed by atoms with Crippen molar-refractivity contribution in [1.82, 2.24) is 9.97 Å². The van der Waals surface area contributed by atoms with Crippen LogP contribution in [0.4, 0.5) is 11.6 Å². The van der Waals surface area contributed by atoms with Gasteiger partial charge in [0.05, 0.1) is 5.75 Å². The van der Waals surface area contributed by atoms with Gasteiger partial charge in [-0.15, -0.1) is 0 Å². The summed E-state index contributed by atoms with van der Waals surface area (Å²) < 4.78 is 29.1. The molecule has 1 aliphatic heterocycles. The molecule has 8 heteroatoms. The summed E-state index contributed by atoms with van der Waals surface area (Å²) in [6.07, 6.45) is 6.90. The van der Waals surface area contributed by atoms with E-state index in [-0.39, 0.29) is 11.2 Å². The van der Waals surface area contributed by atoms with Crippen LogP contribution in [0.2, 0.25) is 0 Å². The Hall–Kier alpha value is -1.41. The Morgan fingerprint density at radius 1 is 1.21 bits per heavy atom. The van der Waals surface area contributed by atoms with Crippen LogP contribution in [-0.2, 0) is 14.6 Å². The molecule has 2 aliphatic rings. The van der Waals surface area contributed by atoms with E-state index in [9.17, 15) is 8.42 Å². The van der Waals surface area contributed by atoms with Crippen molar-refractivity contribution in [3.8, 4) is 0 Å². The van der Waals surface area contributed by atoms with Gasteiger partial charge in [-0.25, -0.2) is 18.4 Å². The first-order chi connectivity index (χ1) is 11.4. The second kappa shape index (κ2) is 7.23. The lowest BCUT2D eigenvalue weighted by Crippen LogP contribution is -2.41. The summed E-state index contributed by atoms with van der Waals surface area (Å²) in [6.45, 7) is 2.73. The molecule has 0 amide bonds.